The van der Waals surface area contributed by atoms with Crippen LogP contribution in [0.2, 0.25) is 5.02 Å². The van der Waals surface area contributed by atoms with Gasteiger partial charge in [0.15, 0.2) is 5.70 Å². The van der Waals surface area contributed by atoms with Gasteiger partial charge in [-0.15, -0.1) is 0 Å². The van der Waals surface area contributed by atoms with E-state index < -0.39 is 5.97 Å². The first-order valence-electron chi connectivity index (χ1n) is 10.1. The third-order valence-corrected chi connectivity index (χ3v) is 5.56. The van der Waals surface area contributed by atoms with Gasteiger partial charge >= 0.3 is 5.97 Å². The first-order chi connectivity index (χ1) is 15.7. The van der Waals surface area contributed by atoms with Crippen LogP contribution >= 0.6 is 11.6 Å². The molecule has 0 unspecified atom stereocenters. The lowest BCUT2D eigenvalue weighted by Gasteiger charge is -2.13. The molecule has 0 fully saturated rings. The molecule has 32 heavy (non-hydrogen) atoms. The van der Waals surface area contributed by atoms with Crippen molar-refractivity contribution in [2.45, 2.75) is 6.61 Å². The lowest BCUT2D eigenvalue weighted by molar-refractivity contribution is -0.129. The number of cyclic esters (lactones) is 1. The van der Waals surface area contributed by atoms with Crippen LogP contribution in [0, 0.1) is 0 Å². The van der Waals surface area contributed by atoms with E-state index >= 15 is 0 Å². The molecule has 0 bridgehead atoms. The molecule has 0 spiro atoms. The highest BCUT2D eigenvalue weighted by atomic mass is 35.5. The molecule has 0 radical (unpaired) electrons. The van der Waals surface area contributed by atoms with Crippen molar-refractivity contribution in [2.75, 3.05) is 0 Å². The number of ether oxygens (including phenoxy) is 2. The van der Waals surface area contributed by atoms with Crippen LogP contribution in [0.15, 0.2) is 102 Å². The van der Waals surface area contributed by atoms with Crippen LogP contribution < -0.4 is 4.74 Å². The van der Waals surface area contributed by atoms with Crippen molar-refractivity contribution in [3.63, 3.8) is 0 Å². The van der Waals surface area contributed by atoms with Crippen LogP contribution in [0.4, 0.5) is 0 Å². The molecular formula is C27H18ClNO3. The Kier molecular flexibility index (Phi) is 5.44. The summed E-state index contributed by atoms with van der Waals surface area (Å²) in [5.41, 5.74) is 2.62. The molecule has 0 aromatic heterocycles. The summed E-state index contributed by atoms with van der Waals surface area (Å²) in [5, 5.41) is 2.63. The second kappa shape index (κ2) is 8.69. The molecule has 0 N–H and O–H groups in total. The fraction of sp³-hybridized carbons (Fsp3) is 0.0370. The summed E-state index contributed by atoms with van der Waals surface area (Å²) in [4.78, 5) is 17.0. The standard InChI is InChI=1S/C27H18ClNO3/c28-23-13-7-5-11-20(23)17-31-25-15-14-18-8-4-6-12-21(18)22(25)16-24-27(30)32-26(29-24)19-9-2-1-3-10-19/h1-16H,17H2/b24-16+. The van der Waals surface area contributed by atoms with E-state index in [0.717, 1.165) is 27.5 Å². The zero-order valence-electron chi connectivity index (χ0n) is 17.0. The maximum Gasteiger partial charge on any atom is 0.363 e. The minimum absolute atomic E-state index is 0.225. The molecule has 156 valence electrons. The summed E-state index contributed by atoms with van der Waals surface area (Å²) < 4.78 is 11.6. The third kappa shape index (κ3) is 4.01. The molecule has 5 heteroatoms. The van der Waals surface area contributed by atoms with Crippen molar-refractivity contribution in [3.05, 3.63) is 118 Å². The fourth-order valence-electron chi connectivity index (χ4n) is 3.57. The molecule has 0 atom stereocenters. The van der Waals surface area contributed by atoms with E-state index in [1.54, 1.807) is 6.08 Å². The Morgan fingerprint density at radius 1 is 0.875 bits per heavy atom. The van der Waals surface area contributed by atoms with Crippen molar-refractivity contribution in [1.29, 1.82) is 0 Å². The summed E-state index contributed by atoms with van der Waals surface area (Å²) >= 11 is 6.29. The SMILES string of the molecule is O=C1OC(c2ccccc2)=N/C1=C/c1c(OCc2ccccc2Cl)ccc2ccccc12. The number of esters is 1. The molecular weight excluding hydrogens is 422 g/mol. The van der Waals surface area contributed by atoms with Crippen LogP contribution in [0.1, 0.15) is 16.7 Å². The zero-order chi connectivity index (χ0) is 21.9. The van der Waals surface area contributed by atoms with Gasteiger partial charge < -0.3 is 9.47 Å². The van der Waals surface area contributed by atoms with Gasteiger partial charge in [0.2, 0.25) is 5.90 Å². The zero-order valence-corrected chi connectivity index (χ0v) is 17.8. The Hall–Kier alpha value is -3.89. The Bertz CT molecular complexity index is 1380. The summed E-state index contributed by atoms with van der Waals surface area (Å²) in [6.07, 6.45) is 1.72. The number of hydrogen-bond donors (Lipinski definition) is 0. The van der Waals surface area contributed by atoms with Gasteiger partial charge in [-0.05, 0) is 41.1 Å². The Morgan fingerprint density at radius 3 is 2.47 bits per heavy atom. The van der Waals surface area contributed by atoms with Crippen molar-refractivity contribution in [3.8, 4) is 5.75 Å². The Balaban J connectivity index is 1.56. The van der Waals surface area contributed by atoms with Crippen molar-refractivity contribution in [2.24, 2.45) is 4.99 Å². The highest BCUT2D eigenvalue weighted by molar-refractivity contribution is 6.31. The molecule has 0 aliphatic carbocycles. The highest BCUT2D eigenvalue weighted by Gasteiger charge is 2.25. The van der Waals surface area contributed by atoms with Crippen LogP contribution in [-0.4, -0.2) is 11.9 Å². The minimum atomic E-state index is -0.492. The van der Waals surface area contributed by atoms with E-state index in [9.17, 15) is 4.79 Å². The average Bonchev–Trinajstić information content (AvgIpc) is 3.20. The minimum Gasteiger partial charge on any atom is -0.488 e. The van der Waals surface area contributed by atoms with Crippen molar-refractivity contribution in [1.82, 2.24) is 0 Å². The monoisotopic (exact) mass is 439 g/mol. The number of aliphatic imine (C=N–C) groups is 1. The van der Waals surface area contributed by atoms with Crippen LogP contribution in [0.5, 0.6) is 5.75 Å². The maximum atomic E-state index is 12.6. The molecule has 0 saturated heterocycles. The van der Waals surface area contributed by atoms with Gasteiger partial charge in [-0.25, -0.2) is 9.79 Å². The summed E-state index contributed by atoms with van der Waals surface area (Å²) in [7, 11) is 0. The number of carbonyl (C=O) groups excluding carboxylic acids is 1. The molecule has 1 aliphatic heterocycles. The number of hydrogen-bond acceptors (Lipinski definition) is 4. The van der Waals surface area contributed by atoms with Gasteiger partial charge in [-0.3, -0.25) is 0 Å². The molecule has 4 aromatic rings. The number of halogens is 1. The van der Waals surface area contributed by atoms with E-state index in [2.05, 4.69) is 4.99 Å². The average molecular weight is 440 g/mol. The van der Waals surface area contributed by atoms with Gasteiger partial charge in [0.25, 0.3) is 0 Å². The number of fused-ring (bicyclic) bond motifs is 1. The van der Waals surface area contributed by atoms with E-state index in [4.69, 9.17) is 21.1 Å². The lowest BCUT2D eigenvalue weighted by Crippen LogP contribution is -2.05. The smallest absolute Gasteiger partial charge is 0.363 e. The topological polar surface area (TPSA) is 47.9 Å². The maximum absolute atomic E-state index is 12.6. The highest BCUT2D eigenvalue weighted by Crippen LogP contribution is 2.32. The van der Waals surface area contributed by atoms with E-state index in [-0.39, 0.29) is 5.70 Å². The van der Waals surface area contributed by atoms with E-state index in [1.165, 1.54) is 0 Å². The van der Waals surface area contributed by atoms with Gasteiger partial charge in [0.05, 0.1) is 0 Å². The normalized spacial score (nSPS) is 14.5. The predicted molar refractivity (Wildman–Crippen MR) is 127 cm³/mol. The summed E-state index contributed by atoms with van der Waals surface area (Å²) in [6.45, 7) is 0.303. The number of benzene rings is 4. The summed E-state index contributed by atoms with van der Waals surface area (Å²) in [5.74, 6) is 0.432. The van der Waals surface area contributed by atoms with E-state index in [1.807, 2.05) is 91.0 Å². The molecule has 1 aliphatic rings. The van der Waals surface area contributed by atoms with E-state index in [0.29, 0.717) is 23.3 Å². The molecule has 4 aromatic carbocycles. The predicted octanol–water partition coefficient (Wildman–Crippen LogP) is 6.42. The summed E-state index contributed by atoms with van der Waals surface area (Å²) in [6, 6.07) is 28.7. The fourth-order valence-corrected chi connectivity index (χ4v) is 3.76. The number of rotatable bonds is 5. The number of carbonyl (C=O) groups is 1. The first-order valence-corrected chi connectivity index (χ1v) is 10.5. The van der Waals surface area contributed by atoms with Crippen molar-refractivity contribution >= 4 is 40.3 Å². The molecule has 0 amide bonds. The third-order valence-electron chi connectivity index (χ3n) is 5.19. The second-order valence-corrected chi connectivity index (χ2v) is 7.69. The van der Waals surface area contributed by atoms with Crippen molar-refractivity contribution < 1.29 is 14.3 Å². The number of nitrogens with zero attached hydrogens (tertiary/aromatic N) is 1. The Labute approximate surface area is 190 Å². The van der Waals surface area contributed by atoms with Crippen LogP contribution in [-0.2, 0) is 16.1 Å². The Morgan fingerprint density at radius 2 is 1.62 bits per heavy atom. The molecule has 0 saturated carbocycles. The molecule has 1 heterocycles. The lowest BCUT2D eigenvalue weighted by atomic mass is 10.0. The van der Waals surface area contributed by atoms with Gasteiger partial charge in [-0.2, -0.15) is 0 Å². The first kappa shape index (κ1) is 20.0. The van der Waals surface area contributed by atoms with Gasteiger partial charge in [-0.1, -0.05) is 78.3 Å². The van der Waals surface area contributed by atoms with Crippen LogP contribution in [0.25, 0.3) is 16.8 Å². The van der Waals surface area contributed by atoms with Gasteiger partial charge in [0.1, 0.15) is 12.4 Å². The molecule has 5 rings (SSSR count). The largest absolute Gasteiger partial charge is 0.488 e. The van der Waals surface area contributed by atoms with Gasteiger partial charge in [0, 0.05) is 21.7 Å². The molecule has 4 nitrogen and oxygen atoms in total. The van der Waals surface area contributed by atoms with Crippen LogP contribution in [0.3, 0.4) is 0 Å². The second-order valence-electron chi connectivity index (χ2n) is 7.28. The quantitative estimate of drug-likeness (QED) is 0.266.